The van der Waals surface area contributed by atoms with Gasteiger partial charge in [-0.2, -0.15) is 4.40 Å². The first kappa shape index (κ1) is 15.4. The van der Waals surface area contributed by atoms with E-state index in [1.807, 2.05) is 24.4 Å². The molecule has 3 rings (SSSR count). The fourth-order valence-electron chi connectivity index (χ4n) is 1.94. The third-order valence-electron chi connectivity index (χ3n) is 2.80. The second-order valence-electron chi connectivity index (χ2n) is 4.18. The quantitative estimate of drug-likeness (QED) is 0.376. The molecule has 0 saturated heterocycles. The summed E-state index contributed by atoms with van der Waals surface area (Å²) >= 11 is 0. The number of methoxy groups -OCH3 is 1. The van der Waals surface area contributed by atoms with Crippen molar-refractivity contribution in [3.63, 3.8) is 0 Å². The van der Waals surface area contributed by atoms with Crippen molar-refractivity contribution in [1.82, 2.24) is 0 Å². The first-order valence-corrected chi connectivity index (χ1v) is 7.10. The van der Waals surface area contributed by atoms with Gasteiger partial charge in [0.05, 0.1) is 7.11 Å². The second kappa shape index (κ2) is 6.21. The van der Waals surface area contributed by atoms with Crippen LogP contribution in [0.3, 0.4) is 0 Å². The summed E-state index contributed by atoms with van der Waals surface area (Å²) in [5.74, 6) is 0.892. The number of pyridine rings is 2. The van der Waals surface area contributed by atoms with Crippen molar-refractivity contribution in [2.45, 2.75) is 0 Å². The smallest absolute Gasteiger partial charge is 0.211 e. The van der Waals surface area contributed by atoms with Crippen molar-refractivity contribution in [3.05, 3.63) is 54.9 Å². The lowest BCUT2D eigenvalue weighted by Crippen LogP contribution is -2.68. The Bertz CT molecular complexity index is 751. The van der Waals surface area contributed by atoms with E-state index in [4.69, 9.17) is 23.4 Å². The Balaban J connectivity index is 0.000000282. The molecule has 0 N–H and O–H groups in total. The zero-order valence-corrected chi connectivity index (χ0v) is 11.8. The molecule has 2 aromatic heterocycles. The Morgan fingerprint density at radius 2 is 1.67 bits per heavy atom. The molecule has 21 heavy (non-hydrogen) atoms. The van der Waals surface area contributed by atoms with Crippen LogP contribution in [-0.4, -0.2) is 7.11 Å². The van der Waals surface area contributed by atoms with E-state index in [0.717, 1.165) is 5.75 Å². The first-order valence-electron chi connectivity index (χ1n) is 5.86. The highest BCUT2D eigenvalue weighted by Gasteiger charge is 2.04. The third kappa shape index (κ3) is 4.52. The normalized spacial score (nSPS) is 11.1. The van der Waals surface area contributed by atoms with E-state index in [2.05, 4.69) is 34.9 Å². The number of benzene rings is 1. The van der Waals surface area contributed by atoms with E-state index in [-0.39, 0.29) is 0 Å². The van der Waals surface area contributed by atoms with Crippen LogP contribution in [0.15, 0.2) is 54.9 Å². The lowest BCUT2D eigenvalue weighted by Gasteiger charge is -2.17. The number of ether oxygens (including phenoxy) is 1. The first-order chi connectivity index (χ1) is 9.86. The van der Waals surface area contributed by atoms with E-state index < -0.39 is 10.2 Å². The van der Waals surface area contributed by atoms with Gasteiger partial charge in [0.1, 0.15) is 5.75 Å². The molecule has 0 bridgehead atoms. The number of fused-ring (bicyclic) bond motifs is 2. The number of hydrogen-bond donors (Lipinski definition) is 0. The predicted molar refractivity (Wildman–Crippen MR) is 63.7 cm³/mol. The molecule has 0 fully saturated rings. The van der Waals surface area contributed by atoms with Crippen molar-refractivity contribution in [2.24, 2.45) is 0 Å². The second-order valence-corrected chi connectivity index (χ2v) is 4.93. The molecular weight excluding hydrogens is 298 g/mol. The summed E-state index contributed by atoms with van der Waals surface area (Å²) in [4.78, 5) is 0. The van der Waals surface area contributed by atoms with Crippen molar-refractivity contribution < 1.29 is 38.0 Å². The zero-order chi connectivity index (χ0) is 15.5. The zero-order valence-electron chi connectivity index (χ0n) is 11.1. The van der Waals surface area contributed by atoms with Gasteiger partial charge in [-0.3, -0.25) is 0 Å². The molecule has 0 radical (unpaired) electrons. The molecule has 2 heterocycles. The maximum absolute atomic E-state index is 8.49. The molecule has 110 valence electrons. The SMILES string of the molecule is COc1ccc2cc3cccc[n+]3cc2c1.[O-][Cl+3]([O-])([O-])[O-]. The summed E-state index contributed by atoms with van der Waals surface area (Å²) in [6, 6.07) is 14.5. The lowest BCUT2D eigenvalue weighted by molar-refractivity contribution is -2.00. The van der Waals surface area contributed by atoms with Gasteiger partial charge >= 0.3 is 0 Å². The number of aromatic nitrogens is 1. The van der Waals surface area contributed by atoms with Crippen LogP contribution in [0.5, 0.6) is 5.75 Å². The van der Waals surface area contributed by atoms with Crippen molar-refractivity contribution >= 4 is 16.3 Å². The van der Waals surface area contributed by atoms with Gasteiger partial charge in [-0.15, -0.1) is 10.2 Å². The average molecular weight is 310 g/mol. The van der Waals surface area contributed by atoms with Crippen molar-refractivity contribution in [2.75, 3.05) is 7.11 Å². The number of halogens is 1. The molecular formula is C14H12ClNO5. The molecule has 3 aromatic rings. The minimum absolute atomic E-state index is 0.892. The Labute approximate surface area is 122 Å². The maximum Gasteiger partial charge on any atom is 0.211 e. The van der Waals surface area contributed by atoms with E-state index in [1.165, 1.54) is 16.3 Å². The van der Waals surface area contributed by atoms with Gasteiger partial charge in [0, 0.05) is 23.6 Å². The molecule has 6 nitrogen and oxygen atoms in total. The monoisotopic (exact) mass is 309 g/mol. The molecule has 0 unspecified atom stereocenters. The highest BCUT2D eigenvalue weighted by atomic mass is 35.7. The van der Waals surface area contributed by atoms with Crippen LogP contribution >= 0.6 is 0 Å². The van der Waals surface area contributed by atoms with E-state index in [0.29, 0.717) is 0 Å². The average Bonchev–Trinajstić information content (AvgIpc) is 2.42. The number of hydrogen-bond acceptors (Lipinski definition) is 5. The van der Waals surface area contributed by atoms with Gasteiger partial charge in [-0.25, -0.2) is 18.6 Å². The fraction of sp³-hybridized carbons (Fsp3) is 0.0714. The van der Waals surface area contributed by atoms with Gasteiger partial charge in [-0.1, -0.05) is 6.07 Å². The maximum atomic E-state index is 8.49. The minimum Gasteiger partial charge on any atom is -0.497 e. The molecule has 0 aliphatic carbocycles. The molecule has 0 aliphatic heterocycles. The Morgan fingerprint density at radius 1 is 0.952 bits per heavy atom. The Hall–Kier alpha value is -1.96. The van der Waals surface area contributed by atoms with E-state index in [1.54, 1.807) is 7.11 Å². The summed E-state index contributed by atoms with van der Waals surface area (Å²) in [6.45, 7) is 0. The van der Waals surface area contributed by atoms with E-state index >= 15 is 0 Å². The van der Waals surface area contributed by atoms with Crippen LogP contribution in [0.2, 0.25) is 0 Å². The molecule has 0 spiro atoms. The Morgan fingerprint density at radius 3 is 2.33 bits per heavy atom. The van der Waals surface area contributed by atoms with Crippen LogP contribution in [0.25, 0.3) is 16.3 Å². The van der Waals surface area contributed by atoms with Crippen LogP contribution in [0, 0.1) is 10.2 Å². The minimum atomic E-state index is -4.94. The summed E-state index contributed by atoms with van der Waals surface area (Å²) in [7, 11) is -3.25. The van der Waals surface area contributed by atoms with Crippen LogP contribution in [0.1, 0.15) is 0 Å². The van der Waals surface area contributed by atoms with Crippen LogP contribution in [-0.2, 0) is 0 Å². The molecule has 0 aliphatic rings. The number of nitrogens with zero attached hydrogens (tertiary/aromatic N) is 1. The van der Waals surface area contributed by atoms with E-state index in [9.17, 15) is 0 Å². The van der Waals surface area contributed by atoms with Crippen LogP contribution < -0.4 is 27.8 Å². The van der Waals surface area contributed by atoms with Crippen LogP contribution in [0.4, 0.5) is 0 Å². The highest BCUT2D eigenvalue weighted by Crippen LogP contribution is 2.20. The van der Waals surface area contributed by atoms with Gasteiger partial charge < -0.3 is 4.74 Å². The molecule has 0 saturated carbocycles. The topological polar surface area (TPSA) is 106 Å². The largest absolute Gasteiger partial charge is 0.497 e. The summed E-state index contributed by atoms with van der Waals surface area (Å²) in [6.07, 6.45) is 4.17. The lowest BCUT2D eigenvalue weighted by atomic mass is 10.1. The van der Waals surface area contributed by atoms with Gasteiger partial charge in [0.2, 0.25) is 5.52 Å². The molecule has 0 atom stereocenters. The summed E-state index contributed by atoms with van der Waals surface area (Å²) in [5, 5.41) is 2.41. The summed E-state index contributed by atoms with van der Waals surface area (Å²) in [5.41, 5.74) is 1.19. The van der Waals surface area contributed by atoms with Gasteiger partial charge in [-0.05, 0) is 23.6 Å². The third-order valence-corrected chi connectivity index (χ3v) is 2.80. The standard InChI is InChI=1S/C14H12NO.ClHO4/c1-16-14-6-5-11-8-13-4-2-3-7-15(13)10-12(11)9-14;2-1(3,4)5/h2-10H,1H3;(H,2,3,4,5)/q+1;/p-1. The van der Waals surface area contributed by atoms with Gasteiger partial charge in [0.15, 0.2) is 12.4 Å². The molecule has 0 amide bonds. The van der Waals surface area contributed by atoms with Crippen molar-refractivity contribution in [3.8, 4) is 5.75 Å². The highest BCUT2D eigenvalue weighted by molar-refractivity contribution is 5.84. The van der Waals surface area contributed by atoms with Gasteiger partial charge in [0.25, 0.3) is 0 Å². The van der Waals surface area contributed by atoms with Crippen molar-refractivity contribution in [1.29, 1.82) is 0 Å². The predicted octanol–water partition coefficient (Wildman–Crippen LogP) is -2.17. The Kier molecular flexibility index (Phi) is 4.56. The summed E-state index contributed by atoms with van der Waals surface area (Å²) < 4.78 is 41.3. The number of rotatable bonds is 1. The molecule has 7 heteroatoms. The molecule has 1 aromatic carbocycles. The fourth-order valence-corrected chi connectivity index (χ4v) is 1.94.